The quantitative estimate of drug-likeness (QED) is 0.305. The van der Waals surface area contributed by atoms with Crippen LogP contribution in [0.4, 0.5) is 10.6 Å². The molecule has 1 aliphatic heterocycles. The number of amides is 1. The van der Waals surface area contributed by atoms with Gasteiger partial charge in [0.2, 0.25) is 0 Å². The lowest BCUT2D eigenvalue weighted by atomic mass is 10.2. The van der Waals surface area contributed by atoms with Gasteiger partial charge in [-0.05, 0) is 32.8 Å². The maximum Gasteiger partial charge on any atom is 0.410 e. The van der Waals surface area contributed by atoms with Crippen LogP contribution in [-0.4, -0.2) is 68.0 Å². The Balaban J connectivity index is 1.73. The fraction of sp³-hybridized carbons (Fsp3) is 0.480. The van der Waals surface area contributed by atoms with E-state index < -0.39 is 16.7 Å². The molecule has 0 aliphatic carbocycles. The number of hydrogen-bond acceptors (Lipinski definition) is 8. The minimum atomic E-state index is -0.718. The number of nitrogens with one attached hydrogen (secondary N) is 1. The second kappa shape index (κ2) is 10.7. The number of ether oxygens (including phenoxy) is 1. The smallest absolute Gasteiger partial charge is 0.410 e. The first-order valence-electron chi connectivity index (χ1n) is 12.1. The molecule has 0 spiro atoms. The Morgan fingerprint density at radius 2 is 1.78 bits per heavy atom. The molecule has 1 aromatic carbocycles. The van der Waals surface area contributed by atoms with Crippen molar-refractivity contribution in [1.82, 2.24) is 24.4 Å². The van der Waals surface area contributed by atoms with Crippen molar-refractivity contribution in [3.8, 4) is 0 Å². The molecule has 10 nitrogen and oxygen atoms in total. The van der Waals surface area contributed by atoms with Crippen molar-refractivity contribution in [2.24, 2.45) is 0 Å². The SMILES string of the molecule is CCCSc1nc(N2CCN(C(=O)OC(C)(C)C)CC2)c2[nH]c(=O)c(=O)n(Cc3ccccc3)c2n1. The molecular formula is C25H32N6O4S. The summed E-state index contributed by atoms with van der Waals surface area (Å²) in [6, 6.07) is 9.50. The number of piperazine rings is 1. The molecule has 3 heterocycles. The Morgan fingerprint density at radius 3 is 2.42 bits per heavy atom. The van der Waals surface area contributed by atoms with E-state index in [0.717, 1.165) is 17.7 Å². The molecule has 1 amide bonds. The summed E-state index contributed by atoms with van der Waals surface area (Å²) in [5.74, 6) is 1.38. The van der Waals surface area contributed by atoms with Crippen LogP contribution in [0.15, 0.2) is 45.1 Å². The van der Waals surface area contributed by atoms with E-state index in [4.69, 9.17) is 9.72 Å². The average Bonchev–Trinajstić information content (AvgIpc) is 2.85. The summed E-state index contributed by atoms with van der Waals surface area (Å²) < 4.78 is 6.93. The first-order valence-corrected chi connectivity index (χ1v) is 13.1. The van der Waals surface area contributed by atoms with Gasteiger partial charge in [-0.1, -0.05) is 49.0 Å². The van der Waals surface area contributed by atoms with Crippen molar-refractivity contribution in [1.29, 1.82) is 0 Å². The summed E-state index contributed by atoms with van der Waals surface area (Å²) in [6.45, 7) is 9.73. The molecule has 11 heteroatoms. The highest BCUT2D eigenvalue weighted by molar-refractivity contribution is 7.99. The summed E-state index contributed by atoms with van der Waals surface area (Å²) in [5.41, 5.74) is -0.240. The van der Waals surface area contributed by atoms with Crippen molar-refractivity contribution in [3.63, 3.8) is 0 Å². The molecule has 36 heavy (non-hydrogen) atoms. The number of fused-ring (bicyclic) bond motifs is 1. The highest BCUT2D eigenvalue weighted by atomic mass is 32.2. The number of aromatic amines is 1. The molecular weight excluding hydrogens is 480 g/mol. The summed E-state index contributed by atoms with van der Waals surface area (Å²) in [4.78, 5) is 54.0. The fourth-order valence-corrected chi connectivity index (χ4v) is 4.63. The van der Waals surface area contributed by atoms with E-state index in [1.165, 1.54) is 16.3 Å². The Labute approximate surface area is 213 Å². The second-order valence-corrected chi connectivity index (χ2v) is 10.7. The largest absolute Gasteiger partial charge is 0.444 e. The maximum absolute atomic E-state index is 12.9. The predicted molar refractivity (Wildman–Crippen MR) is 141 cm³/mol. The van der Waals surface area contributed by atoms with Gasteiger partial charge in [0.15, 0.2) is 16.6 Å². The van der Waals surface area contributed by atoms with Crippen molar-refractivity contribution in [2.75, 3.05) is 36.8 Å². The Kier molecular flexibility index (Phi) is 7.67. The number of aromatic nitrogens is 4. The molecule has 0 unspecified atom stereocenters. The lowest BCUT2D eigenvalue weighted by Crippen LogP contribution is -2.50. The van der Waals surface area contributed by atoms with Gasteiger partial charge in [0.1, 0.15) is 11.1 Å². The molecule has 1 fully saturated rings. The molecule has 1 saturated heterocycles. The Hall–Kier alpha value is -3.34. The number of carbonyl (C=O) groups excluding carboxylic acids is 1. The van der Waals surface area contributed by atoms with Gasteiger partial charge in [-0.2, -0.15) is 0 Å². The van der Waals surface area contributed by atoms with Crippen LogP contribution in [0, 0.1) is 0 Å². The van der Waals surface area contributed by atoms with Gasteiger partial charge in [-0.25, -0.2) is 14.8 Å². The molecule has 4 rings (SSSR count). The monoisotopic (exact) mass is 512 g/mol. The molecule has 192 valence electrons. The molecule has 3 aromatic rings. The van der Waals surface area contributed by atoms with Gasteiger partial charge in [0.05, 0.1) is 6.54 Å². The van der Waals surface area contributed by atoms with Gasteiger partial charge in [0.25, 0.3) is 0 Å². The van der Waals surface area contributed by atoms with Crippen molar-refractivity contribution < 1.29 is 9.53 Å². The van der Waals surface area contributed by atoms with Crippen LogP contribution in [0.2, 0.25) is 0 Å². The normalized spacial score (nSPS) is 14.3. The molecule has 0 saturated carbocycles. The first kappa shape index (κ1) is 25.7. The second-order valence-electron chi connectivity index (χ2n) is 9.66. The van der Waals surface area contributed by atoms with E-state index >= 15 is 0 Å². The van der Waals surface area contributed by atoms with Crippen LogP contribution in [-0.2, 0) is 11.3 Å². The molecule has 1 N–H and O–H groups in total. The van der Waals surface area contributed by atoms with Crippen molar-refractivity contribution >= 4 is 34.8 Å². The van der Waals surface area contributed by atoms with E-state index in [9.17, 15) is 14.4 Å². The Bertz CT molecular complexity index is 1340. The zero-order chi connectivity index (χ0) is 25.9. The fourth-order valence-electron chi connectivity index (χ4n) is 3.94. The summed E-state index contributed by atoms with van der Waals surface area (Å²) >= 11 is 1.51. The van der Waals surface area contributed by atoms with Crippen LogP contribution >= 0.6 is 11.8 Å². The highest BCUT2D eigenvalue weighted by Gasteiger charge is 2.28. The van der Waals surface area contributed by atoms with Gasteiger partial charge in [-0.3, -0.25) is 14.2 Å². The van der Waals surface area contributed by atoms with Crippen LogP contribution in [0.25, 0.3) is 11.2 Å². The molecule has 1 aliphatic rings. The number of thioether (sulfide) groups is 1. The number of hydrogen-bond donors (Lipinski definition) is 1. The lowest BCUT2D eigenvalue weighted by molar-refractivity contribution is 0.0240. The standard InChI is InChI=1S/C25H32N6O4S/c1-5-15-36-23-27-19(29-11-13-30(14-12-29)24(34)35-25(2,3)4)18-20(28-23)31(22(33)21(32)26-18)16-17-9-7-6-8-10-17/h6-10H,5,11-16H2,1-4H3,(H,26,32). The number of nitrogens with zero attached hydrogens (tertiary/aromatic N) is 5. The van der Waals surface area contributed by atoms with Crippen LogP contribution in [0.5, 0.6) is 0 Å². The first-order chi connectivity index (χ1) is 17.2. The van der Waals surface area contributed by atoms with Crippen LogP contribution in [0.1, 0.15) is 39.7 Å². The lowest BCUT2D eigenvalue weighted by Gasteiger charge is -2.36. The van der Waals surface area contributed by atoms with E-state index in [1.54, 1.807) is 4.90 Å². The van der Waals surface area contributed by atoms with E-state index in [-0.39, 0.29) is 12.6 Å². The number of rotatable bonds is 6. The number of H-pyrrole nitrogens is 1. The minimum absolute atomic E-state index is 0.223. The van der Waals surface area contributed by atoms with E-state index in [1.807, 2.05) is 56.0 Å². The highest BCUT2D eigenvalue weighted by Crippen LogP contribution is 2.26. The maximum atomic E-state index is 12.9. The average molecular weight is 513 g/mol. The third-order valence-electron chi connectivity index (χ3n) is 5.63. The van der Waals surface area contributed by atoms with Gasteiger partial charge in [-0.15, -0.1) is 0 Å². The van der Waals surface area contributed by atoms with E-state index in [0.29, 0.717) is 48.3 Å². The molecule has 0 atom stereocenters. The third-order valence-corrected chi connectivity index (χ3v) is 6.69. The topological polar surface area (TPSA) is 113 Å². The molecule has 0 bridgehead atoms. The van der Waals surface area contributed by atoms with E-state index in [2.05, 4.69) is 16.9 Å². The number of benzene rings is 1. The summed E-state index contributed by atoms with van der Waals surface area (Å²) in [6.07, 6.45) is 0.595. The number of anilines is 1. The predicted octanol–water partition coefficient (Wildman–Crippen LogP) is 3.09. The van der Waals surface area contributed by atoms with Crippen molar-refractivity contribution in [3.05, 3.63) is 56.6 Å². The minimum Gasteiger partial charge on any atom is -0.444 e. The third kappa shape index (κ3) is 5.89. The molecule has 2 aromatic heterocycles. The zero-order valence-electron chi connectivity index (χ0n) is 21.1. The molecule has 0 radical (unpaired) electrons. The van der Waals surface area contributed by atoms with Gasteiger partial charge in [0, 0.05) is 31.9 Å². The van der Waals surface area contributed by atoms with Crippen molar-refractivity contribution in [2.45, 2.75) is 51.4 Å². The summed E-state index contributed by atoms with van der Waals surface area (Å²) in [7, 11) is 0. The van der Waals surface area contributed by atoms with Gasteiger partial charge >= 0.3 is 17.2 Å². The van der Waals surface area contributed by atoms with Crippen LogP contribution < -0.4 is 16.0 Å². The van der Waals surface area contributed by atoms with Crippen LogP contribution in [0.3, 0.4) is 0 Å². The summed E-state index contributed by atoms with van der Waals surface area (Å²) in [5, 5.41) is 0.544. The Morgan fingerprint density at radius 1 is 1.08 bits per heavy atom. The van der Waals surface area contributed by atoms with Gasteiger partial charge < -0.3 is 19.5 Å². The zero-order valence-corrected chi connectivity index (χ0v) is 21.9. The number of carbonyl (C=O) groups is 1.